The Labute approximate surface area is 311 Å². The third-order valence-electron chi connectivity index (χ3n) is 8.31. The number of nitrogens with zero attached hydrogens (tertiary/aromatic N) is 9. The van der Waals surface area contributed by atoms with Crippen LogP contribution < -0.4 is 20.9 Å². The Morgan fingerprint density at radius 3 is 2.49 bits per heavy atom. The first-order valence-electron chi connectivity index (χ1n) is 16.4. The van der Waals surface area contributed by atoms with Crippen LogP contribution in [0.15, 0.2) is 18.3 Å². The number of carbonyl (C=O) groups is 3. The summed E-state index contributed by atoms with van der Waals surface area (Å²) >= 11 is 7.04. The predicted octanol–water partition coefficient (Wildman–Crippen LogP) is 4.72. The van der Waals surface area contributed by atoms with Crippen molar-refractivity contribution < 1.29 is 37.8 Å². The van der Waals surface area contributed by atoms with Crippen molar-refractivity contribution in [2.75, 3.05) is 67.9 Å². The summed E-state index contributed by atoms with van der Waals surface area (Å²) in [6.45, 7) is 24.8. The van der Waals surface area contributed by atoms with Crippen LogP contribution in [-0.4, -0.2) is 106 Å². The third kappa shape index (κ3) is 10.3. The van der Waals surface area contributed by atoms with Crippen LogP contribution in [-0.2, 0) is 28.2 Å². The summed E-state index contributed by atoms with van der Waals surface area (Å²) in [4.78, 5) is 68.5. The van der Waals surface area contributed by atoms with Crippen LogP contribution in [0.2, 0.25) is 5.02 Å². The van der Waals surface area contributed by atoms with E-state index in [1.807, 2.05) is 16.7 Å². The highest BCUT2D eigenvalue weighted by Gasteiger charge is 2.33. The van der Waals surface area contributed by atoms with Crippen LogP contribution in [0.4, 0.5) is 39.4 Å². The zero-order chi connectivity index (χ0) is 39.1. The lowest BCUT2D eigenvalue weighted by atomic mass is 9.86. The molecule has 0 aliphatic carbocycles. The highest BCUT2D eigenvalue weighted by Crippen LogP contribution is 2.43. The first-order valence-corrected chi connectivity index (χ1v) is 18.8. The predicted molar refractivity (Wildman–Crippen MR) is 196 cm³/mol. The maximum absolute atomic E-state index is 14.0. The number of primary amides is 1. The average Bonchev–Trinajstić information content (AvgIpc) is 3.51. The number of esters is 1. The van der Waals surface area contributed by atoms with Gasteiger partial charge in [-0.25, -0.2) is 19.5 Å². The number of imidazole rings is 1. The quantitative estimate of drug-likeness (QED) is 0.0825. The molecule has 1 aromatic carbocycles. The van der Waals surface area contributed by atoms with Gasteiger partial charge in [-0.1, -0.05) is 37.1 Å². The lowest BCUT2D eigenvalue weighted by molar-refractivity contribution is -0.154. The minimum atomic E-state index is -3.68. The Hall–Kier alpha value is -5.04. The van der Waals surface area contributed by atoms with E-state index in [1.165, 1.54) is 16.8 Å². The van der Waals surface area contributed by atoms with E-state index < -0.39 is 43.8 Å². The molecule has 0 spiro atoms. The number of benzene rings is 1. The number of anilines is 4. The second-order valence-corrected chi connectivity index (χ2v) is 15.1. The van der Waals surface area contributed by atoms with Crippen LogP contribution in [0.3, 0.4) is 0 Å². The topological polar surface area (TPSA) is 216 Å². The molecule has 2 amide bonds. The van der Waals surface area contributed by atoms with Crippen LogP contribution in [0.25, 0.3) is 15.3 Å². The van der Waals surface area contributed by atoms with Crippen molar-refractivity contribution >= 4 is 77.5 Å². The van der Waals surface area contributed by atoms with Crippen molar-refractivity contribution in [2.24, 2.45) is 11.1 Å². The Bertz CT molecular complexity index is 1980. The molecule has 284 valence electrons. The molecule has 0 saturated carbocycles. The van der Waals surface area contributed by atoms with Crippen LogP contribution in [0, 0.1) is 18.6 Å². The number of ether oxygens (including phenoxy) is 2. The van der Waals surface area contributed by atoms with Crippen molar-refractivity contribution in [2.45, 2.75) is 46.6 Å². The largest absolute Gasteiger partial charge is 0.428 e. The van der Waals surface area contributed by atoms with Gasteiger partial charge in [0.05, 0.1) is 42.5 Å². The molecule has 1 aliphatic rings. The molecule has 2 aromatic heterocycles. The number of amides is 2. The molecular formula is C32H41ClN11O8P. The fourth-order valence-corrected chi connectivity index (χ4v) is 6.15. The zero-order valence-electron chi connectivity index (χ0n) is 29.9. The number of nitrogens with two attached hydrogens (primary N) is 1. The molecule has 1 saturated heterocycles. The summed E-state index contributed by atoms with van der Waals surface area (Å²) in [5, 5.41) is 7.51. The molecule has 19 nitrogen and oxygen atoms in total. The van der Waals surface area contributed by atoms with Crippen LogP contribution >= 0.6 is 19.2 Å². The summed E-state index contributed by atoms with van der Waals surface area (Å²) in [6, 6.07) is 2.44. The molecule has 1 fully saturated rings. The molecule has 1 unspecified atom stereocenters. The third-order valence-corrected chi connectivity index (χ3v) is 9.36. The number of rotatable bonds is 15. The summed E-state index contributed by atoms with van der Waals surface area (Å²) in [6.07, 6.45) is 0.302. The number of aromatic nitrogens is 4. The standard InChI is InChI=1S/C32H41ClN11O8P/c1-8-37-28-29-38-18-24(36-6)44(29)40-30(39-28)43(31(47)51-19-50-25(45)17-32(3,4)9-14-52-53(7,48)49)23-16-21(35-5)15-22(26(23)33)42-12-10-41(11-13-42)20(2)27(34)46/h15-16,18,20H,8-14,17,19H2,1-4,7H3,(H2,34,46)(H,48,49)(H,37,39,40)/t20-/m0/s1. The Kier molecular flexibility index (Phi) is 13.2. The molecule has 4 N–H and O–H groups in total. The smallest absolute Gasteiger partial charge is 0.424 e. The van der Waals surface area contributed by atoms with Crippen molar-refractivity contribution in [3.63, 3.8) is 0 Å². The van der Waals surface area contributed by atoms with E-state index in [2.05, 4.69) is 30.1 Å². The maximum Gasteiger partial charge on any atom is 0.424 e. The number of fused-ring (bicyclic) bond motifs is 1. The molecule has 3 heterocycles. The fraction of sp³-hybridized carbons (Fsp3) is 0.500. The van der Waals surface area contributed by atoms with Crippen molar-refractivity contribution in [3.8, 4) is 0 Å². The first-order chi connectivity index (χ1) is 25.0. The summed E-state index contributed by atoms with van der Waals surface area (Å²) in [7, 11) is -3.68. The van der Waals surface area contributed by atoms with Gasteiger partial charge in [0.25, 0.3) is 17.4 Å². The van der Waals surface area contributed by atoms with E-state index in [9.17, 15) is 23.8 Å². The normalized spacial score (nSPS) is 15.2. The van der Waals surface area contributed by atoms with Gasteiger partial charge in [-0.3, -0.25) is 19.1 Å². The molecule has 4 rings (SSSR count). The van der Waals surface area contributed by atoms with E-state index in [4.69, 9.17) is 44.5 Å². The molecule has 2 atom stereocenters. The summed E-state index contributed by atoms with van der Waals surface area (Å²) in [5.74, 6) is -1.28. The lowest BCUT2D eigenvalue weighted by Gasteiger charge is -2.39. The second-order valence-electron chi connectivity index (χ2n) is 12.9. The van der Waals surface area contributed by atoms with Crippen molar-refractivity contribution in [1.82, 2.24) is 24.5 Å². The van der Waals surface area contributed by atoms with Gasteiger partial charge in [-0.15, -0.1) is 4.52 Å². The van der Waals surface area contributed by atoms with Gasteiger partial charge >= 0.3 is 19.7 Å². The molecule has 53 heavy (non-hydrogen) atoms. The number of hydrogen-bond acceptors (Lipinski definition) is 13. The highest BCUT2D eigenvalue weighted by molar-refractivity contribution is 7.51. The monoisotopic (exact) mass is 773 g/mol. The van der Waals surface area contributed by atoms with Gasteiger partial charge in [0.1, 0.15) is 0 Å². The zero-order valence-corrected chi connectivity index (χ0v) is 31.6. The SMILES string of the molecule is [C-]#[N+]c1cc(N2CCN([C@@H](C)C(N)=O)CC2)c(Cl)c(N(C(=O)OCOC(=O)CC(C)(C)CCOP(C)(=O)O)c2nc(NCC)c3ncc([N+]#[C-])n3n2)c1. The van der Waals surface area contributed by atoms with Gasteiger partial charge in [0, 0.05) is 45.1 Å². The number of hydrogen-bond donors (Lipinski definition) is 3. The van der Waals surface area contributed by atoms with Crippen molar-refractivity contribution in [1.29, 1.82) is 0 Å². The number of carbonyl (C=O) groups excluding carboxylic acids is 3. The minimum absolute atomic E-state index is 0.0172. The van der Waals surface area contributed by atoms with Crippen LogP contribution in [0.1, 0.15) is 40.5 Å². The second kappa shape index (κ2) is 17.2. The number of piperazine rings is 1. The Balaban J connectivity index is 1.69. The fourth-order valence-electron chi connectivity index (χ4n) is 5.40. The van der Waals surface area contributed by atoms with Gasteiger partial charge in [-0.2, -0.15) is 4.98 Å². The molecule has 0 bridgehead atoms. The van der Waals surface area contributed by atoms with Gasteiger partial charge in [0.15, 0.2) is 11.5 Å². The molecule has 21 heteroatoms. The van der Waals surface area contributed by atoms with E-state index in [1.54, 1.807) is 26.8 Å². The molecule has 3 aromatic rings. The Morgan fingerprint density at radius 2 is 1.89 bits per heavy atom. The van der Waals surface area contributed by atoms with Gasteiger partial charge < -0.3 is 39.7 Å². The first kappa shape index (κ1) is 40.7. The summed E-state index contributed by atoms with van der Waals surface area (Å²) in [5.41, 5.74) is 5.52. The summed E-state index contributed by atoms with van der Waals surface area (Å²) < 4.78 is 28.2. The molecule has 0 radical (unpaired) electrons. The van der Waals surface area contributed by atoms with E-state index in [0.717, 1.165) is 11.6 Å². The average molecular weight is 774 g/mol. The number of halogens is 1. The maximum atomic E-state index is 14.0. The highest BCUT2D eigenvalue weighted by atomic mass is 35.5. The van der Waals surface area contributed by atoms with Gasteiger partial charge in [-0.05, 0) is 37.8 Å². The Morgan fingerprint density at radius 1 is 1.19 bits per heavy atom. The van der Waals surface area contributed by atoms with E-state index in [0.29, 0.717) is 38.4 Å². The lowest BCUT2D eigenvalue weighted by Crippen LogP contribution is -2.53. The van der Waals surface area contributed by atoms with E-state index in [-0.39, 0.29) is 59.1 Å². The molecular weight excluding hydrogens is 733 g/mol. The minimum Gasteiger partial charge on any atom is -0.428 e. The van der Waals surface area contributed by atoms with Crippen molar-refractivity contribution in [3.05, 3.63) is 46.2 Å². The van der Waals surface area contributed by atoms with E-state index >= 15 is 0 Å². The number of nitrogens with one attached hydrogen (secondary N) is 1. The van der Waals surface area contributed by atoms with Crippen LogP contribution in [0.5, 0.6) is 0 Å². The molecule has 1 aliphatic heterocycles. The van der Waals surface area contributed by atoms with Gasteiger partial charge in [0.2, 0.25) is 12.7 Å².